The Hall–Kier alpha value is -2.67. The molecule has 0 saturated carbocycles. The molecule has 3 rings (SSSR count). The van der Waals surface area contributed by atoms with Gasteiger partial charge in [-0.3, -0.25) is 4.79 Å². The van der Waals surface area contributed by atoms with Crippen LogP contribution in [0.5, 0.6) is 0 Å². The quantitative estimate of drug-likeness (QED) is 0.871. The molecule has 1 N–H and O–H groups in total. The van der Waals surface area contributed by atoms with Crippen LogP contribution in [0.4, 0.5) is 0 Å². The molecule has 0 saturated heterocycles. The average Bonchev–Trinajstić information content (AvgIpc) is 2.66. The van der Waals surface area contributed by atoms with Crippen LogP contribution >= 0.6 is 0 Å². The van der Waals surface area contributed by atoms with Crippen molar-refractivity contribution in [3.05, 3.63) is 65.2 Å². The van der Waals surface area contributed by atoms with Crippen LogP contribution in [0.1, 0.15) is 41.4 Å². The van der Waals surface area contributed by atoms with E-state index in [2.05, 4.69) is 0 Å². The van der Waals surface area contributed by atoms with Gasteiger partial charge < -0.3 is 10.0 Å². The van der Waals surface area contributed by atoms with E-state index in [9.17, 15) is 23.1 Å². The Labute approximate surface area is 158 Å². The van der Waals surface area contributed by atoms with Crippen molar-refractivity contribution >= 4 is 21.7 Å². The number of amides is 1. The second-order valence-electron chi connectivity index (χ2n) is 6.81. The second-order valence-corrected chi connectivity index (χ2v) is 9.31. The molecule has 6 nitrogen and oxygen atoms in total. The minimum absolute atomic E-state index is 0.146. The van der Waals surface area contributed by atoms with Crippen LogP contribution < -0.4 is 0 Å². The third kappa shape index (κ3) is 3.47. The summed E-state index contributed by atoms with van der Waals surface area (Å²) in [5.74, 6) is -1.51. The molecule has 142 valence electrons. The molecule has 1 amide bonds. The fourth-order valence-corrected chi connectivity index (χ4v) is 4.34. The summed E-state index contributed by atoms with van der Waals surface area (Å²) in [4.78, 5) is 26.3. The van der Waals surface area contributed by atoms with Gasteiger partial charge in [0.15, 0.2) is 15.9 Å². The lowest BCUT2D eigenvalue weighted by Gasteiger charge is -2.34. The third-order valence-corrected chi connectivity index (χ3v) is 7.00. The SMILES string of the molecule is CC(C)S(=O)(=O)c1ccc(C(=O)N2CCc3ccccc3C2C(=O)O)cc1. The van der Waals surface area contributed by atoms with Crippen molar-refractivity contribution < 1.29 is 23.1 Å². The summed E-state index contributed by atoms with van der Waals surface area (Å²) >= 11 is 0. The van der Waals surface area contributed by atoms with Crippen LogP contribution in [-0.4, -0.2) is 42.1 Å². The first-order chi connectivity index (χ1) is 12.7. The summed E-state index contributed by atoms with van der Waals surface area (Å²) in [5, 5.41) is 9.13. The highest BCUT2D eigenvalue weighted by Crippen LogP contribution is 2.31. The summed E-state index contributed by atoms with van der Waals surface area (Å²) in [6.45, 7) is 3.48. The lowest BCUT2D eigenvalue weighted by Crippen LogP contribution is -2.43. The Morgan fingerprint density at radius 1 is 1.07 bits per heavy atom. The van der Waals surface area contributed by atoms with Crippen LogP contribution in [0, 0.1) is 0 Å². The molecule has 0 spiro atoms. The van der Waals surface area contributed by atoms with E-state index in [0.717, 1.165) is 5.56 Å². The van der Waals surface area contributed by atoms with Crippen LogP contribution in [0.25, 0.3) is 0 Å². The minimum atomic E-state index is -3.43. The summed E-state index contributed by atoms with van der Waals surface area (Å²) in [6, 6.07) is 11.8. The number of carbonyl (C=O) groups is 2. The monoisotopic (exact) mass is 387 g/mol. The number of hydrogen-bond acceptors (Lipinski definition) is 4. The van der Waals surface area contributed by atoms with E-state index in [1.807, 2.05) is 12.1 Å². The maximum Gasteiger partial charge on any atom is 0.331 e. The van der Waals surface area contributed by atoms with E-state index >= 15 is 0 Å². The fourth-order valence-electron chi connectivity index (χ4n) is 3.28. The molecule has 27 heavy (non-hydrogen) atoms. The zero-order valence-corrected chi connectivity index (χ0v) is 15.9. The number of aliphatic carboxylic acids is 1. The van der Waals surface area contributed by atoms with Gasteiger partial charge >= 0.3 is 5.97 Å². The smallest absolute Gasteiger partial charge is 0.331 e. The first kappa shape index (κ1) is 19.1. The molecule has 2 aromatic carbocycles. The Morgan fingerprint density at radius 2 is 1.70 bits per heavy atom. The molecule has 1 atom stereocenters. The normalized spacial score (nSPS) is 16.9. The topological polar surface area (TPSA) is 91.8 Å². The number of rotatable bonds is 4. The van der Waals surface area contributed by atoms with E-state index in [4.69, 9.17) is 0 Å². The molecule has 0 aliphatic carbocycles. The molecule has 0 aromatic heterocycles. The highest BCUT2D eigenvalue weighted by Gasteiger charge is 2.36. The van der Waals surface area contributed by atoms with Gasteiger partial charge in [-0.15, -0.1) is 0 Å². The van der Waals surface area contributed by atoms with Gasteiger partial charge in [0.25, 0.3) is 5.91 Å². The minimum Gasteiger partial charge on any atom is -0.479 e. The highest BCUT2D eigenvalue weighted by atomic mass is 32.2. The lowest BCUT2D eigenvalue weighted by molar-refractivity contribution is -0.143. The number of sulfone groups is 1. The Kier molecular flexibility index (Phi) is 5.06. The molecule has 1 aliphatic rings. The number of carboxylic acid groups (broad SMARTS) is 1. The molecule has 0 radical (unpaired) electrons. The van der Waals surface area contributed by atoms with Crippen LogP contribution in [0.2, 0.25) is 0 Å². The first-order valence-electron chi connectivity index (χ1n) is 8.69. The van der Waals surface area contributed by atoms with Crippen molar-refractivity contribution in [2.75, 3.05) is 6.54 Å². The molecular formula is C20H21NO5S. The Bertz CT molecular complexity index is 980. The number of carboxylic acids is 1. The molecule has 1 heterocycles. The van der Waals surface area contributed by atoms with Gasteiger partial charge in [-0.05, 0) is 55.7 Å². The van der Waals surface area contributed by atoms with Crippen LogP contribution in [0.3, 0.4) is 0 Å². The van der Waals surface area contributed by atoms with Crippen LogP contribution in [-0.2, 0) is 21.1 Å². The molecule has 1 unspecified atom stereocenters. The zero-order valence-electron chi connectivity index (χ0n) is 15.1. The van der Waals surface area contributed by atoms with Gasteiger partial charge in [-0.2, -0.15) is 0 Å². The molecule has 0 fully saturated rings. The number of hydrogen-bond donors (Lipinski definition) is 1. The predicted octanol–water partition coefficient (Wildman–Crippen LogP) is 2.69. The molecular weight excluding hydrogens is 366 g/mol. The second kappa shape index (κ2) is 7.15. The van der Waals surface area contributed by atoms with Gasteiger partial charge in [0.2, 0.25) is 0 Å². The van der Waals surface area contributed by atoms with Gasteiger partial charge in [-0.25, -0.2) is 13.2 Å². The van der Waals surface area contributed by atoms with Gasteiger partial charge in [0.1, 0.15) is 0 Å². The molecule has 1 aliphatic heterocycles. The van der Waals surface area contributed by atoms with Crippen LogP contribution in [0.15, 0.2) is 53.4 Å². The van der Waals surface area contributed by atoms with E-state index in [-0.39, 0.29) is 10.5 Å². The van der Waals surface area contributed by atoms with Gasteiger partial charge in [-0.1, -0.05) is 24.3 Å². The lowest BCUT2D eigenvalue weighted by atomic mass is 9.92. The maximum atomic E-state index is 12.9. The maximum absolute atomic E-state index is 12.9. The number of nitrogens with zero attached hydrogens (tertiary/aromatic N) is 1. The summed E-state index contributed by atoms with van der Waals surface area (Å²) in [6.07, 6.45) is 0.575. The van der Waals surface area contributed by atoms with E-state index in [1.165, 1.54) is 29.2 Å². The van der Waals surface area contributed by atoms with Crippen molar-refractivity contribution in [3.63, 3.8) is 0 Å². The number of fused-ring (bicyclic) bond motifs is 1. The van der Waals surface area contributed by atoms with E-state index in [1.54, 1.807) is 26.0 Å². The number of carbonyl (C=O) groups excluding carboxylic acids is 1. The van der Waals surface area contributed by atoms with Crippen molar-refractivity contribution in [2.45, 2.75) is 36.5 Å². The average molecular weight is 387 g/mol. The largest absolute Gasteiger partial charge is 0.479 e. The van der Waals surface area contributed by atoms with Crippen molar-refractivity contribution in [1.29, 1.82) is 0 Å². The zero-order chi connectivity index (χ0) is 19.8. The van der Waals surface area contributed by atoms with E-state index < -0.39 is 33.0 Å². The summed E-state index contributed by atoms with van der Waals surface area (Å²) in [7, 11) is -3.43. The molecule has 0 bridgehead atoms. The number of benzene rings is 2. The summed E-state index contributed by atoms with van der Waals surface area (Å²) < 4.78 is 24.4. The fraction of sp³-hybridized carbons (Fsp3) is 0.300. The van der Waals surface area contributed by atoms with Crippen molar-refractivity contribution in [3.8, 4) is 0 Å². The molecule has 7 heteroatoms. The standard InChI is InChI=1S/C20H21NO5S/c1-13(2)27(25,26)16-9-7-15(8-10-16)19(22)21-12-11-14-5-3-4-6-17(14)18(21)20(23)24/h3-10,13,18H,11-12H2,1-2H3,(H,23,24). The highest BCUT2D eigenvalue weighted by molar-refractivity contribution is 7.92. The van der Waals surface area contributed by atoms with Gasteiger partial charge in [0, 0.05) is 12.1 Å². The summed E-state index contributed by atoms with van der Waals surface area (Å²) in [5.41, 5.74) is 1.80. The third-order valence-electron chi connectivity index (χ3n) is 4.83. The molecule has 2 aromatic rings. The predicted molar refractivity (Wildman–Crippen MR) is 100 cm³/mol. The van der Waals surface area contributed by atoms with E-state index in [0.29, 0.717) is 18.5 Å². The Morgan fingerprint density at radius 3 is 2.30 bits per heavy atom. The van der Waals surface area contributed by atoms with Gasteiger partial charge in [0.05, 0.1) is 10.1 Å². The Balaban J connectivity index is 1.93. The first-order valence-corrected chi connectivity index (χ1v) is 10.2. The van der Waals surface area contributed by atoms with Crippen molar-refractivity contribution in [1.82, 2.24) is 4.90 Å². The van der Waals surface area contributed by atoms with Crippen molar-refractivity contribution in [2.24, 2.45) is 0 Å².